The topological polar surface area (TPSA) is 79.2 Å². The second-order valence-electron chi connectivity index (χ2n) is 5.82. The minimum absolute atomic E-state index is 0.0916. The number of alkyl halides is 3. The number of benzene rings is 2. The Bertz CT molecular complexity index is 912. The van der Waals surface area contributed by atoms with E-state index >= 15 is 0 Å². The number of rotatable bonds is 5. The molecule has 0 spiro atoms. The predicted octanol–water partition coefficient (Wildman–Crippen LogP) is 4.69. The standard InChI is InChI=1S/C19H15F3N2O3S/c1-11-7-15(28-10-23)8-12(2)17(11)24-16(25)9-27-18(26)13-3-5-14(6-4-13)19(20,21)22/h3-8H,9H2,1-2H3,(H,24,25). The first-order valence-electron chi connectivity index (χ1n) is 7.93. The van der Waals surface area contributed by atoms with Gasteiger partial charge in [0.1, 0.15) is 5.40 Å². The van der Waals surface area contributed by atoms with Gasteiger partial charge in [0.05, 0.1) is 11.1 Å². The highest BCUT2D eigenvalue weighted by Gasteiger charge is 2.30. The summed E-state index contributed by atoms with van der Waals surface area (Å²) in [5.74, 6) is -1.50. The van der Waals surface area contributed by atoms with Gasteiger partial charge in [-0.1, -0.05) is 0 Å². The highest BCUT2D eigenvalue weighted by molar-refractivity contribution is 8.03. The lowest BCUT2D eigenvalue weighted by molar-refractivity contribution is -0.137. The molecule has 0 aromatic heterocycles. The summed E-state index contributed by atoms with van der Waals surface area (Å²) in [6, 6.07) is 7.00. The van der Waals surface area contributed by atoms with Gasteiger partial charge in [-0.05, 0) is 73.1 Å². The molecule has 0 atom stereocenters. The average Bonchev–Trinajstić information content (AvgIpc) is 2.62. The summed E-state index contributed by atoms with van der Waals surface area (Å²) in [4.78, 5) is 24.7. The zero-order chi connectivity index (χ0) is 20.9. The molecule has 2 aromatic carbocycles. The van der Waals surface area contributed by atoms with Crippen molar-refractivity contribution in [3.05, 3.63) is 58.7 Å². The van der Waals surface area contributed by atoms with Crippen LogP contribution in [0.4, 0.5) is 18.9 Å². The number of nitrogens with zero attached hydrogens (tertiary/aromatic N) is 1. The van der Waals surface area contributed by atoms with Crippen molar-refractivity contribution >= 4 is 29.3 Å². The van der Waals surface area contributed by atoms with Crippen molar-refractivity contribution in [3.8, 4) is 5.40 Å². The maximum Gasteiger partial charge on any atom is 0.416 e. The van der Waals surface area contributed by atoms with Gasteiger partial charge < -0.3 is 10.1 Å². The van der Waals surface area contributed by atoms with Crippen molar-refractivity contribution in [2.75, 3.05) is 11.9 Å². The lowest BCUT2D eigenvalue weighted by Gasteiger charge is -2.13. The summed E-state index contributed by atoms with van der Waals surface area (Å²) < 4.78 is 42.4. The maximum absolute atomic E-state index is 12.5. The molecular weight excluding hydrogens is 393 g/mol. The van der Waals surface area contributed by atoms with Crippen molar-refractivity contribution in [2.45, 2.75) is 24.9 Å². The summed E-state index contributed by atoms with van der Waals surface area (Å²) in [6.45, 7) is 2.93. The van der Waals surface area contributed by atoms with Crippen LogP contribution in [-0.2, 0) is 15.7 Å². The Balaban J connectivity index is 1.97. The second kappa shape index (κ2) is 8.80. The molecule has 9 heteroatoms. The highest BCUT2D eigenvalue weighted by Crippen LogP contribution is 2.29. The van der Waals surface area contributed by atoms with Crippen molar-refractivity contribution < 1.29 is 27.5 Å². The average molecular weight is 408 g/mol. The number of hydrogen-bond acceptors (Lipinski definition) is 5. The Labute approximate surface area is 163 Å². The third kappa shape index (κ3) is 5.50. The molecule has 1 amide bonds. The fourth-order valence-corrected chi connectivity index (χ4v) is 2.99. The van der Waals surface area contributed by atoms with E-state index in [-0.39, 0.29) is 5.56 Å². The number of nitrogens with one attached hydrogen (secondary N) is 1. The number of hydrogen-bond donors (Lipinski definition) is 1. The van der Waals surface area contributed by atoms with Crippen LogP contribution in [0.15, 0.2) is 41.3 Å². The lowest BCUT2D eigenvalue weighted by Crippen LogP contribution is -2.22. The van der Waals surface area contributed by atoms with Gasteiger partial charge in [0.15, 0.2) is 6.61 Å². The summed E-state index contributed by atoms with van der Waals surface area (Å²) in [5.41, 5.74) is 1.04. The first kappa shape index (κ1) is 21.3. The van der Waals surface area contributed by atoms with E-state index in [0.29, 0.717) is 5.69 Å². The van der Waals surface area contributed by atoms with E-state index < -0.39 is 30.2 Å². The summed E-state index contributed by atoms with van der Waals surface area (Å²) in [6.07, 6.45) is -4.50. The van der Waals surface area contributed by atoms with Crippen LogP contribution in [-0.4, -0.2) is 18.5 Å². The Kier molecular flexibility index (Phi) is 6.70. The van der Waals surface area contributed by atoms with Gasteiger partial charge in [-0.2, -0.15) is 18.4 Å². The van der Waals surface area contributed by atoms with Crippen LogP contribution < -0.4 is 5.32 Å². The van der Waals surface area contributed by atoms with E-state index in [2.05, 4.69) is 5.32 Å². The molecule has 0 bridgehead atoms. The number of aryl methyl sites for hydroxylation is 2. The number of esters is 1. The van der Waals surface area contributed by atoms with Crippen LogP contribution in [0.3, 0.4) is 0 Å². The molecule has 0 aliphatic carbocycles. The fourth-order valence-electron chi connectivity index (χ4n) is 2.42. The molecule has 146 valence electrons. The van der Waals surface area contributed by atoms with Crippen LogP contribution in [0, 0.1) is 24.5 Å². The van der Waals surface area contributed by atoms with E-state index in [1.807, 2.05) is 5.40 Å². The molecule has 0 unspecified atom stereocenters. The monoisotopic (exact) mass is 408 g/mol. The fraction of sp³-hybridized carbons (Fsp3) is 0.211. The lowest BCUT2D eigenvalue weighted by atomic mass is 10.1. The SMILES string of the molecule is Cc1cc(SC#N)cc(C)c1NC(=O)COC(=O)c1ccc(C(F)(F)F)cc1. The van der Waals surface area contributed by atoms with Gasteiger partial charge in [-0.3, -0.25) is 4.79 Å². The van der Waals surface area contributed by atoms with Crippen LogP contribution in [0.2, 0.25) is 0 Å². The number of thioether (sulfide) groups is 1. The minimum atomic E-state index is -4.50. The first-order valence-corrected chi connectivity index (χ1v) is 8.75. The van der Waals surface area contributed by atoms with Crippen LogP contribution >= 0.6 is 11.8 Å². The van der Waals surface area contributed by atoms with Crippen LogP contribution in [0.25, 0.3) is 0 Å². The zero-order valence-corrected chi connectivity index (χ0v) is 15.7. The Morgan fingerprint density at radius 2 is 1.71 bits per heavy atom. The minimum Gasteiger partial charge on any atom is -0.452 e. The number of ether oxygens (including phenoxy) is 1. The van der Waals surface area contributed by atoms with Crippen LogP contribution in [0.5, 0.6) is 0 Å². The molecule has 1 N–H and O–H groups in total. The van der Waals surface area contributed by atoms with Gasteiger partial charge in [0.2, 0.25) is 0 Å². The maximum atomic E-state index is 12.5. The van der Waals surface area contributed by atoms with Gasteiger partial charge in [-0.25, -0.2) is 4.79 Å². The third-order valence-corrected chi connectivity index (χ3v) is 4.28. The zero-order valence-electron chi connectivity index (χ0n) is 14.9. The molecule has 0 aliphatic rings. The molecular formula is C19H15F3N2O3S. The van der Waals surface area contributed by atoms with Crippen LogP contribution in [0.1, 0.15) is 27.0 Å². The van der Waals surface area contributed by atoms with Crippen molar-refractivity contribution in [2.24, 2.45) is 0 Å². The summed E-state index contributed by atoms with van der Waals surface area (Å²) in [7, 11) is 0. The number of amides is 1. The molecule has 2 rings (SSSR count). The molecule has 5 nitrogen and oxygen atoms in total. The van der Waals surface area contributed by atoms with Crippen molar-refractivity contribution in [1.82, 2.24) is 0 Å². The number of halogens is 3. The highest BCUT2D eigenvalue weighted by atomic mass is 32.2. The van der Waals surface area contributed by atoms with E-state index in [4.69, 9.17) is 10.00 Å². The van der Waals surface area contributed by atoms with E-state index in [0.717, 1.165) is 52.0 Å². The number of anilines is 1. The third-order valence-electron chi connectivity index (χ3n) is 3.72. The Morgan fingerprint density at radius 1 is 1.14 bits per heavy atom. The largest absolute Gasteiger partial charge is 0.452 e. The molecule has 0 heterocycles. The smallest absolute Gasteiger partial charge is 0.416 e. The predicted molar refractivity (Wildman–Crippen MR) is 97.7 cm³/mol. The summed E-state index contributed by atoms with van der Waals surface area (Å²) >= 11 is 0.999. The normalized spacial score (nSPS) is 10.9. The molecule has 0 radical (unpaired) electrons. The molecule has 28 heavy (non-hydrogen) atoms. The molecule has 0 fully saturated rings. The molecule has 0 saturated carbocycles. The Morgan fingerprint density at radius 3 is 2.21 bits per heavy atom. The number of carbonyl (C=O) groups is 2. The molecule has 2 aromatic rings. The van der Waals surface area contributed by atoms with E-state index in [1.165, 1.54) is 0 Å². The van der Waals surface area contributed by atoms with Gasteiger partial charge in [0, 0.05) is 10.6 Å². The van der Waals surface area contributed by atoms with Crippen molar-refractivity contribution in [3.63, 3.8) is 0 Å². The molecule has 0 aliphatic heterocycles. The van der Waals surface area contributed by atoms with Crippen molar-refractivity contribution in [1.29, 1.82) is 5.26 Å². The van der Waals surface area contributed by atoms with Gasteiger partial charge in [0.25, 0.3) is 5.91 Å². The number of nitriles is 1. The second-order valence-corrected chi connectivity index (χ2v) is 6.68. The quantitative estimate of drug-likeness (QED) is 0.441. The summed E-state index contributed by atoms with van der Waals surface area (Å²) in [5, 5.41) is 13.3. The number of carbonyl (C=O) groups excluding carboxylic acids is 2. The van der Waals surface area contributed by atoms with Gasteiger partial charge in [-0.15, -0.1) is 0 Å². The first-order chi connectivity index (χ1) is 13.1. The van der Waals surface area contributed by atoms with Gasteiger partial charge >= 0.3 is 12.1 Å². The van der Waals surface area contributed by atoms with E-state index in [1.54, 1.807) is 26.0 Å². The Hall–Kier alpha value is -2.99. The number of thiocyanates is 1. The molecule has 0 saturated heterocycles. The van der Waals surface area contributed by atoms with E-state index in [9.17, 15) is 22.8 Å².